The van der Waals surface area contributed by atoms with Gasteiger partial charge in [0.15, 0.2) is 0 Å². The van der Waals surface area contributed by atoms with Crippen LogP contribution in [0.5, 0.6) is 0 Å². The molecule has 3 unspecified atom stereocenters. The number of aliphatic hydroxyl groups excluding tert-OH is 1. The number of quaternary nitrogens is 1. The Morgan fingerprint density at radius 1 is 0.590 bits per heavy atom. The molecule has 61 heavy (non-hydrogen) atoms. The summed E-state index contributed by atoms with van der Waals surface area (Å²) in [5, 5.41) is 13.7. The lowest BCUT2D eigenvalue weighted by Gasteiger charge is -2.29. The van der Waals surface area contributed by atoms with Crippen LogP contribution in [-0.2, 0) is 18.4 Å². The van der Waals surface area contributed by atoms with Crippen molar-refractivity contribution < 1.29 is 32.9 Å². The van der Waals surface area contributed by atoms with Gasteiger partial charge in [-0.25, -0.2) is 0 Å². The maximum Gasteiger partial charge on any atom is 0.268 e. The van der Waals surface area contributed by atoms with Gasteiger partial charge in [0.05, 0.1) is 39.9 Å². The lowest BCUT2D eigenvalue weighted by Crippen LogP contribution is -2.45. The van der Waals surface area contributed by atoms with Crippen molar-refractivity contribution in [1.29, 1.82) is 0 Å². The van der Waals surface area contributed by atoms with Gasteiger partial charge in [-0.2, -0.15) is 0 Å². The molecule has 0 aromatic heterocycles. The number of carbonyl (C=O) groups excluding carboxylic acids is 1. The highest BCUT2D eigenvalue weighted by atomic mass is 31.2. The quantitative estimate of drug-likeness (QED) is 0.0273. The lowest BCUT2D eigenvalue weighted by atomic mass is 10.0. The highest BCUT2D eigenvalue weighted by molar-refractivity contribution is 7.45. The highest BCUT2D eigenvalue weighted by Gasteiger charge is 2.23. The first-order valence-corrected chi connectivity index (χ1v) is 26.9. The molecular weight excluding hydrogens is 780 g/mol. The zero-order valence-electron chi connectivity index (χ0n) is 40.6. The summed E-state index contributed by atoms with van der Waals surface area (Å²) in [4.78, 5) is 25.3. The first-order valence-electron chi connectivity index (χ1n) is 25.5. The van der Waals surface area contributed by atoms with Crippen molar-refractivity contribution in [2.24, 2.45) is 0 Å². The summed E-state index contributed by atoms with van der Waals surface area (Å²) in [6.07, 6.45) is 56.6. The average molecular weight is 879 g/mol. The predicted molar refractivity (Wildman–Crippen MR) is 261 cm³/mol. The summed E-state index contributed by atoms with van der Waals surface area (Å²) in [6.45, 7) is 4.39. The van der Waals surface area contributed by atoms with Gasteiger partial charge in [0.2, 0.25) is 5.91 Å². The minimum atomic E-state index is -4.59. The van der Waals surface area contributed by atoms with E-state index in [-0.39, 0.29) is 12.5 Å². The number of phosphoric ester groups is 1. The van der Waals surface area contributed by atoms with Crippen LogP contribution in [0.2, 0.25) is 0 Å². The molecule has 0 fully saturated rings. The van der Waals surface area contributed by atoms with E-state index in [9.17, 15) is 19.4 Å². The Kier molecular flexibility index (Phi) is 42.6. The summed E-state index contributed by atoms with van der Waals surface area (Å²) in [6, 6.07) is -0.907. The zero-order chi connectivity index (χ0) is 45.0. The molecule has 0 spiro atoms. The number of allylic oxidation sites excluding steroid dienone is 7. The largest absolute Gasteiger partial charge is 0.756 e. The molecule has 0 aliphatic rings. The van der Waals surface area contributed by atoms with E-state index in [1.165, 1.54) is 161 Å². The number of hydrogen-bond acceptors (Lipinski definition) is 6. The van der Waals surface area contributed by atoms with Crippen molar-refractivity contribution in [3.05, 3.63) is 48.6 Å². The minimum absolute atomic E-state index is 0.00978. The van der Waals surface area contributed by atoms with Gasteiger partial charge in [-0.1, -0.05) is 203 Å². The third-order valence-corrected chi connectivity index (χ3v) is 12.3. The molecule has 358 valence electrons. The first kappa shape index (κ1) is 59.5. The predicted octanol–water partition coefficient (Wildman–Crippen LogP) is 14.2. The number of phosphoric acid groups is 1. The normalized spacial score (nSPS) is 14.5. The molecule has 3 atom stereocenters. The molecule has 0 aliphatic heterocycles. The van der Waals surface area contributed by atoms with Gasteiger partial charge < -0.3 is 28.8 Å². The Bertz CT molecular complexity index is 1130. The van der Waals surface area contributed by atoms with E-state index >= 15 is 0 Å². The fraction of sp³-hybridized carbons (Fsp3) is 0.827. The van der Waals surface area contributed by atoms with Crippen LogP contribution in [0.15, 0.2) is 48.6 Å². The van der Waals surface area contributed by atoms with Crippen molar-refractivity contribution in [2.75, 3.05) is 40.9 Å². The third-order valence-electron chi connectivity index (χ3n) is 11.3. The molecule has 2 N–H and O–H groups in total. The van der Waals surface area contributed by atoms with E-state index in [1.807, 2.05) is 40.2 Å². The van der Waals surface area contributed by atoms with E-state index in [0.29, 0.717) is 17.4 Å². The molecule has 1 amide bonds. The van der Waals surface area contributed by atoms with Gasteiger partial charge in [0.1, 0.15) is 13.2 Å². The maximum absolute atomic E-state index is 12.8. The molecule has 0 bridgehead atoms. The number of carbonyl (C=O) groups is 1. The Labute approximate surface area is 378 Å². The molecule has 0 aliphatic carbocycles. The number of nitrogens with zero attached hydrogens (tertiary/aromatic N) is 1. The van der Waals surface area contributed by atoms with Crippen molar-refractivity contribution in [2.45, 2.75) is 238 Å². The number of aliphatic hydroxyl groups is 1. The second-order valence-electron chi connectivity index (χ2n) is 18.5. The number of nitrogens with one attached hydrogen (secondary N) is 1. The fourth-order valence-electron chi connectivity index (χ4n) is 7.30. The van der Waals surface area contributed by atoms with Crippen LogP contribution < -0.4 is 10.2 Å². The Morgan fingerprint density at radius 2 is 0.984 bits per heavy atom. The second-order valence-corrected chi connectivity index (χ2v) is 19.9. The lowest BCUT2D eigenvalue weighted by molar-refractivity contribution is -0.870. The first-order chi connectivity index (χ1) is 29.5. The van der Waals surface area contributed by atoms with E-state index in [2.05, 4.69) is 42.6 Å². The number of hydrogen-bond donors (Lipinski definition) is 2. The van der Waals surface area contributed by atoms with Crippen LogP contribution in [0.25, 0.3) is 0 Å². The summed E-state index contributed by atoms with van der Waals surface area (Å²) in [5.74, 6) is -0.214. The molecule has 0 saturated heterocycles. The molecule has 8 nitrogen and oxygen atoms in total. The summed E-state index contributed by atoms with van der Waals surface area (Å²) in [7, 11) is 1.23. The molecule has 0 heterocycles. The van der Waals surface area contributed by atoms with Crippen molar-refractivity contribution in [3.8, 4) is 0 Å². The summed E-state index contributed by atoms with van der Waals surface area (Å²) in [5.41, 5.74) is 0. The number of unbranched alkanes of at least 4 members (excludes halogenated alkanes) is 28. The van der Waals surface area contributed by atoms with Gasteiger partial charge in [-0.05, 0) is 64.7 Å². The number of likely N-dealkylation sites (N-methyl/N-ethyl adjacent to an activating group) is 1. The Morgan fingerprint density at radius 3 is 1.43 bits per heavy atom. The molecular formula is C52H99N2O6P. The van der Waals surface area contributed by atoms with Crippen molar-refractivity contribution >= 4 is 13.7 Å². The summed E-state index contributed by atoms with van der Waals surface area (Å²) < 4.78 is 23.1. The Hall–Kier alpha value is -1.54. The molecule has 0 saturated carbocycles. The maximum atomic E-state index is 12.8. The van der Waals surface area contributed by atoms with Crippen LogP contribution in [-0.4, -0.2) is 68.5 Å². The molecule has 9 heteroatoms. The molecule has 0 radical (unpaired) electrons. The summed E-state index contributed by atoms with van der Waals surface area (Å²) >= 11 is 0. The van der Waals surface area contributed by atoms with E-state index in [4.69, 9.17) is 9.05 Å². The average Bonchev–Trinajstić information content (AvgIpc) is 3.21. The van der Waals surface area contributed by atoms with Gasteiger partial charge >= 0.3 is 0 Å². The standard InChI is InChI=1S/C52H99N2O6P/c1-6-8-10-12-14-16-17-18-19-20-21-22-23-24-25-26-27-28-29-30-31-32-33-34-35-36-38-40-42-44-46-52(56)53-50(49-60-61(57,58)59-48-47-54(3,4)5)51(55)45-43-41-39-37-15-13-11-9-7-2/h7,9,15,24-25,37,43,45,50-51,55H,6,8,10-14,16-23,26-36,38-42,44,46-49H2,1-5H3,(H-,53,56,57,58)/b9-7+,25-24-,37-15+,45-43+. The van der Waals surface area contributed by atoms with Crippen LogP contribution in [0, 0.1) is 0 Å². The van der Waals surface area contributed by atoms with Gasteiger partial charge in [0, 0.05) is 6.42 Å². The van der Waals surface area contributed by atoms with Gasteiger partial charge in [0.25, 0.3) is 7.82 Å². The monoisotopic (exact) mass is 879 g/mol. The SMILES string of the molecule is C/C=C/CC/C=C/CC/C=C/C(O)C(COP(=O)([O-])OCC[N+](C)(C)C)NC(=O)CCCCCCCCCCCCCCCC/C=C\CCCCCCCCCCCCCC. The van der Waals surface area contributed by atoms with Crippen molar-refractivity contribution in [3.63, 3.8) is 0 Å². The van der Waals surface area contributed by atoms with Crippen LogP contribution >= 0.6 is 7.82 Å². The topological polar surface area (TPSA) is 108 Å². The van der Waals surface area contributed by atoms with Crippen molar-refractivity contribution in [1.82, 2.24) is 5.32 Å². The molecule has 0 aromatic rings. The molecule has 0 aromatic carbocycles. The zero-order valence-corrected chi connectivity index (χ0v) is 41.5. The van der Waals surface area contributed by atoms with Crippen LogP contribution in [0.4, 0.5) is 0 Å². The van der Waals surface area contributed by atoms with E-state index in [0.717, 1.165) is 44.9 Å². The smallest absolute Gasteiger partial charge is 0.268 e. The van der Waals surface area contributed by atoms with E-state index in [1.54, 1.807) is 6.08 Å². The molecule has 0 rings (SSSR count). The number of amides is 1. The van der Waals surface area contributed by atoms with Crippen LogP contribution in [0.1, 0.15) is 226 Å². The second kappa shape index (κ2) is 43.7. The minimum Gasteiger partial charge on any atom is -0.756 e. The van der Waals surface area contributed by atoms with Gasteiger partial charge in [-0.3, -0.25) is 9.36 Å². The fourth-order valence-corrected chi connectivity index (χ4v) is 8.03. The Balaban J connectivity index is 4.00. The number of rotatable bonds is 46. The van der Waals surface area contributed by atoms with E-state index < -0.39 is 26.6 Å². The third kappa shape index (κ3) is 46.3. The van der Waals surface area contributed by atoms with Crippen LogP contribution in [0.3, 0.4) is 0 Å². The van der Waals surface area contributed by atoms with Gasteiger partial charge in [-0.15, -0.1) is 0 Å². The highest BCUT2D eigenvalue weighted by Crippen LogP contribution is 2.38.